The van der Waals surface area contributed by atoms with Crippen LogP contribution in [0, 0.1) is 0 Å². The van der Waals surface area contributed by atoms with E-state index in [9.17, 15) is 9.59 Å². The van der Waals surface area contributed by atoms with E-state index in [1.165, 1.54) is 0 Å². The van der Waals surface area contributed by atoms with Gasteiger partial charge in [-0.25, -0.2) is 0 Å². The minimum Gasteiger partial charge on any atom is -0.481 e. The number of halogens is 1. The SMILES string of the molecule is O=C(O)CC1CN(C(=O)c2cc(Cl)cn2C2CC2)CCO1. The summed E-state index contributed by atoms with van der Waals surface area (Å²) < 4.78 is 7.33. The number of nitrogens with zero attached hydrogens (tertiary/aromatic N) is 2. The lowest BCUT2D eigenvalue weighted by Gasteiger charge is -2.32. The second kappa shape index (κ2) is 5.69. The van der Waals surface area contributed by atoms with Crippen LogP contribution in [0.25, 0.3) is 0 Å². The summed E-state index contributed by atoms with van der Waals surface area (Å²) in [6.45, 7) is 1.14. The highest BCUT2D eigenvalue weighted by Crippen LogP contribution is 2.37. The van der Waals surface area contributed by atoms with Crippen molar-refractivity contribution < 1.29 is 19.4 Å². The molecule has 0 aromatic carbocycles. The van der Waals surface area contributed by atoms with Crippen molar-refractivity contribution >= 4 is 23.5 Å². The number of carbonyl (C=O) groups excluding carboxylic acids is 1. The van der Waals surface area contributed by atoms with Crippen molar-refractivity contribution in [3.63, 3.8) is 0 Å². The molecule has 1 aliphatic heterocycles. The van der Waals surface area contributed by atoms with Gasteiger partial charge in [-0.1, -0.05) is 11.6 Å². The first-order valence-electron chi connectivity index (χ1n) is 7.04. The number of ether oxygens (including phenoxy) is 1. The number of hydrogen-bond acceptors (Lipinski definition) is 3. The maximum atomic E-state index is 12.6. The van der Waals surface area contributed by atoms with Crippen LogP contribution in [0.1, 0.15) is 35.8 Å². The first-order valence-corrected chi connectivity index (χ1v) is 7.42. The zero-order valence-corrected chi connectivity index (χ0v) is 12.3. The molecule has 1 aliphatic carbocycles. The minimum absolute atomic E-state index is 0.0891. The summed E-state index contributed by atoms with van der Waals surface area (Å²) in [5, 5.41) is 9.39. The van der Waals surface area contributed by atoms with Gasteiger partial charge in [-0.15, -0.1) is 0 Å². The Balaban J connectivity index is 1.74. The van der Waals surface area contributed by atoms with Crippen LogP contribution in [-0.2, 0) is 9.53 Å². The molecule has 0 bridgehead atoms. The lowest BCUT2D eigenvalue weighted by atomic mass is 10.2. The van der Waals surface area contributed by atoms with Crippen LogP contribution in [-0.4, -0.2) is 52.3 Å². The highest BCUT2D eigenvalue weighted by molar-refractivity contribution is 6.31. The summed E-state index contributed by atoms with van der Waals surface area (Å²) in [6.07, 6.45) is 3.39. The van der Waals surface area contributed by atoms with Crippen molar-refractivity contribution in [1.29, 1.82) is 0 Å². The average molecular weight is 313 g/mol. The van der Waals surface area contributed by atoms with E-state index in [1.807, 2.05) is 4.57 Å². The van der Waals surface area contributed by atoms with Crippen LogP contribution >= 0.6 is 11.6 Å². The molecule has 1 amide bonds. The molecule has 2 fully saturated rings. The van der Waals surface area contributed by atoms with Crippen LogP contribution in [0.2, 0.25) is 5.02 Å². The smallest absolute Gasteiger partial charge is 0.306 e. The molecule has 2 aliphatic rings. The summed E-state index contributed by atoms with van der Waals surface area (Å²) in [5.41, 5.74) is 0.582. The molecule has 21 heavy (non-hydrogen) atoms. The minimum atomic E-state index is -0.918. The van der Waals surface area contributed by atoms with Gasteiger partial charge in [0.15, 0.2) is 0 Å². The van der Waals surface area contributed by atoms with Gasteiger partial charge in [-0.2, -0.15) is 0 Å². The summed E-state index contributed by atoms with van der Waals surface area (Å²) in [7, 11) is 0. The zero-order chi connectivity index (χ0) is 15.0. The molecule has 2 heterocycles. The molecule has 0 spiro atoms. The Morgan fingerprint density at radius 2 is 2.19 bits per heavy atom. The van der Waals surface area contributed by atoms with Gasteiger partial charge in [-0.05, 0) is 18.9 Å². The number of hydrogen-bond donors (Lipinski definition) is 1. The number of aromatic nitrogens is 1. The third-order valence-corrected chi connectivity index (χ3v) is 4.01. The number of morpholine rings is 1. The molecule has 3 rings (SSSR count). The number of rotatable bonds is 4. The number of aliphatic carboxylic acids is 1. The van der Waals surface area contributed by atoms with Gasteiger partial charge in [0, 0.05) is 25.3 Å². The summed E-state index contributed by atoms with van der Waals surface area (Å²) in [6, 6.07) is 2.05. The predicted molar refractivity (Wildman–Crippen MR) is 75.6 cm³/mol. The molecule has 0 radical (unpaired) electrons. The van der Waals surface area contributed by atoms with Gasteiger partial charge < -0.3 is 19.3 Å². The van der Waals surface area contributed by atoms with Crippen LogP contribution < -0.4 is 0 Å². The number of amides is 1. The topological polar surface area (TPSA) is 71.8 Å². The van der Waals surface area contributed by atoms with Crippen molar-refractivity contribution in [1.82, 2.24) is 9.47 Å². The molecule has 7 heteroatoms. The summed E-state index contributed by atoms with van der Waals surface area (Å²) in [4.78, 5) is 25.1. The van der Waals surface area contributed by atoms with Gasteiger partial charge in [-0.3, -0.25) is 9.59 Å². The molecule has 1 saturated carbocycles. The van der Waals surface area contributed by atoms with Gasteiger partial charge in [0.05, 0.1) is 24.2 Å². The van der Waals surface area contributed by atoms with E-state index in [2.05, 4.69) is 0 Å². The van der Waals surface area contributed by atoms with E-state index < -0.39 is 12.1 Å². The first-order chi connectivity index (χ1) is 10.0. The maximum absolute atomic E-state index is 12.6. The lowest BCUT2D eigenvalue weighted by molar-refractivity contribution is -0.141. The van der Waals surface area contributed by atoms with Gasteiger partial charge in [0.1, 0.15) is 5.69 Å². The maximum Gasteiger partial charge on any atom is 0.306 e. The third kappa shape index (κ3) is 3.22. The Morgan fingerprint density at radius 3 is 2.86 bits per heavy atom. The van der Waals surface area contributed by atoms with Crippen molar-refractivity contribution in [2.75, 3.05) is 19.7 Å². The molecular formula is C14H17ClN2O4. The normalized spacial score (nSPS) is 22.3. The van der Waals surface area contributed by atoms with E-state index >= 15 is 0 Å². The van der Waals surface area contributed by atoms with Crippen LogP contribution in [0.3, 0.4) is 0 Å². The van der Waals surface area contributed by atoms with E-state index in [0.717, 1.165) is 12.8 Å². The van der Waals surface area contributed by atoms with E-state index in [1.54, 1.807) is 17.2 Å². The van der Waals surface area contributed by atoms with Gasteiger partial charge in [0.25, 0.3) is 5.91 Å². The predicted octanol–water partition coefficient (Wildman–Crippen LogP) is 1.79. The fraction of sp³-hybridized carbons (Fsp3) is 0.571. The fourth-order valence-electron chi connectivity index (χ4n) is 2.66. The second-order valence-corrected chi connectivity index (χ2v) is 5.96. The number of carboxylic acids is 1. The largest absolute Gasteiger partial charge is 0.481 e. The standard InChI is InChI=1S/C14H17ClN2O4/c15-9-5-12(17(7-9)10-1-2-10)14(20)16-3-4-21-11(8-16)6-13(18)19/h5,7,10-11H,1-4,6,8H2,(H,18,19). The molecule has 1 aromatic rings. The molecule has 1 unspecified atom stereocenters. The van der Waals surface area contributed by atoms with Gasteiger partial charge >= 0.3 is 5.97 Å². The molecule has 1 saturated heterocycles. The average Bonchev–Trinajstić information content (AvgIpc) is 3.20. The Morgan fingerprint density at radius 1 is 1.43 bits per heavy atom. The van der Waals surface area contributed by atoms with Crippen LogP contribution in [0.5, 0.6) is 0 Å². The molecule has 1 aromatic heterocycles. The first kappa shape index (κ1) is 14.4. The lowest BCUT2D eigenvalue weighted by Crippen LogP contribution is -2.46. The molecule has 114 valence electrons. The Labute approximate surface area is 127 Å². The quantitative estimate of drug-likeness (QED) is 0.920. The molecule has 6 nitrogen and oxygen atoms in total. The van der Waals surface area contributed by atoms with Crippen molar-refractivity contribution in [3.05, 3.63) is 23.0 Å². The molecule has 1 atom stereocenters. The van der Waals surface area contributed by atoms with Crippen molar-refractivity contribution in [2.45, 2.75) is 31.4 Å². The summed E-state index contributed by atoms with van der Waals surface area (Å²) >= 11 is 6.02. The van der Waals surface area contributed by atoms with E-state index in [4.69, 9.17) is 21.4 Å². The Hall–Kier alpha value is -1.53. The van der Waals surface area contributed by atoms with E-state index in [-0.39, 0.29) is 12.3 Å². The highest BCUT2D eigenvalue weighted by atomic mass is 35.5. The number of carbonyl (C=O) groups is 2. The van der Waals surface area contributed by atoms with Crippen LogP contribution in [0.4, 0.5) is 0 Å². The Kier molecular flexibility index (Phi) is 3.91. The zero-order valence-electron chi connectivity index (χ0n) is 11.5. The third-order valence-electron chi connectivity index (χ3n) is 3.80. The van der Waals surface area contributed by atoms with Crippen molar-refractivity contribution in [3.8, 4) is 0 Å². The second-order valence-electron chi connectivity index (χ2n) is 5.52. The van der Waals surface area contributed by atoms with Crippen molar-refractivity contribution in [2.24, 2.45) is 0 Å². The highest BCUT2D eigenvalue weighted by Gasteiger charge is 2.32. The summed E-state index contributed by atoms with van der Waals surface area (Å²) in [5.74, 6) is -1.02. The number of carboxylic acid groups (broad SMARTS) is 1. The van der Waals surface area contributed by atoms with Gasteiger partial charge in [0.2, 0.25) is 0 Å². The van der Waals surface area contributed by atoms with Crippen LogP contribution in [0.15, 0.2) is 12.3 Å². The fourth-order valence-corrected chi connectivity index (χ4v) is 2.86. The van der Waals surface area contributed by atoms with E-state index in [0.29, 0.717) is 36.5 Å². The monoisotopic (exact) mass is 312 g/mol. The molecule has 1 N–H and O–H groups in total. The molecular weight excluding hydrogens is 296 g/mol. The Bertz CT molecular complexity index is 567.